The van der Waals surface area contributed by atoms with Crippen LogP contribution in [0.3, 0.4) is 0 Å². The largest absolute Gasteiger partial charge is 0.379 e. The lowest BCUT2D eigenvalue weighted by molar-refractivity contribution is -0.122. The van der Waals surface area contributed by atoms with Crippen LogP contribution in [0.4, 0.5) is 0 Å². The molecule has 0 saturated carbocycles. The van der Waals surface area contributed by atoms with Gasteiger partial charge in [0.25, 0.3) is 0 Å². The van der Waals surface area contributed by atoms with E-state index in [0.717, 1.165) is 32.7 Å². The number of unbranched alkanes of at least 4 members (excludes halogenated alkanes) is 3. The number of ether oxygens (including phenoxy) is 1. The van der Waals surface area contributed by atoms with E-state index in [1.54, 1.807) is 0 Å². The Kier molecular flexibility index (Phi) is 10.6. The highest BCUT2D eigenvalue weighted by Gasteiger charge is 2.10. The quantitative estimate of drug-likeness (QED) is 0.713. The normalized spacial score (nSPS) is 16.3. The van der Waals surface area contributed by atoms with Gasteiger partial charge in [0, 0.05) is 19.5 Å². The van der Waals surface area contributed by atoms with Gasteiger partial charge < -0.3 is 10.1 Å². The second-order valence-corrected chi connectivity index (χ2v) is 4.30. The Morgan fingerprint density at radius 2 is 1.94 bits per heavy atom. The fourth-order valence-corrected chi connectivity index (χ4v) is 1.76. The number of hydrogen-bond donors (Lipinski definition) is 1. The third kappa shape index (κ3) is 8.41. The van der Waals surface area contributed by atoms with E-state index in [9.17, 15) is 4.79 Å². The van der Waals surface area contributed by atoms with Gasteiger partial charge in [0.05, 0.1) is 19.9 Å². The van der Waals surface area contributed by atoms with E-state index in [2.05, 4.69) is 17.1 Å². The summed E-state index contributed by atoms with van der Waals surface area (Å²) in [5, 5.41) is 2.96. The molecule has 1 N–H and O–H groups in total. The van der Waals surface area contributed by atoms with Crippen LogP contribution in [0.15, 0.2) is 0 Å². The lowest BCUT2D eigenvalue weighted by atomic mass is 10.1. The summed E-state index contributed by atoms with van der Waals surface area (Å²) in [6.45, 7) is 6.28. The fraction of sp³-hybridized carbons (Fsp3) is 0.917. The van der Waals surface area contributed by atoms with Crippen molar-refractivity contribution in [2.75, 3.05) is 33.0 Å². The van der Waals surface area contributed by atoms with E-state index in [1.807, 2.05) is 0 Å². The molecule has 1 aliphatic heterocycles. The molecule has 0 aromatic rings. The summed E-state index contributed by atoms with van der Waals surface area (Å²) in [5.74, 6) is 0.183. The van der Waals surface area contributed by atoms with E-state index in [0.29, 0.717) is 13.1 Å². The molecule has 0 unspecified atom stereocenters. The highest BCUT2D eigenvalue weighted by atomic mass is 35.5. The molecule has 0 bridgehead atoms. The van der Waals surface area contributed by atoms with Gasteiger partial charge in [-0.2, -0.15) is 0 Å². The molecule has 1 heterocycles. The van der Waals surface area contributed by atoms with Gasteiger partial charge in [-0.1, -0.05) is 26.2 Å². The smallest absolute Gasteiger partial charge is 0.220 e. The van der Waals surface area contributed by atoms with E-state index in [4.69, 9.17) is 4.74 Å². The number of halogens is 1. The number of morpholine rings is 1. The number of amides is 1. The maximum absolute atomic E-state index is 11.5. The predicted molar refractivity (Wildman–Crippen MR) is 71.4 cm³/mol. The van der Waals surface area contributed by atoms with Crippen LogP contribution in [0.1, 0.15) is 39.0 Å². The highest BCUT2D eigenvalue weighted by molar-refractivity contribution is 5.85. The molecule has 0 atom stereocenters. The fourth-order valence-electron chi connectivity index (χ4n) is 1.76. The summed E-state index contributed by atoms with van der Waals surface area (Å²) in [5.41, 5.74) is 0. The maximum atomic E-state index is 11.5. The van der Waals surface area contributed by atoms with Crippen molar-refractivity contribution < 1.29 is 9.53 Å². The van der Waals surface area contributed by atoms with Gasteiger partial charge in [0.1, 0.15) is 0 Å². The first-order valence-corrected chi connectivity index (χ1v) is 6.39. The zero-order chi connectivity index (χ0) is 11.6. The number of rotatable bonds is 7. The van der Waals surface area contributed by atoms with Crippen LogP contribution < -0.4 is 5.32 Å². The predicted octanol–water partition coefficient (Wildman–Crippen LogP) is 1.78. The summed E-state index contributed by atoms with van der Waals surface area (Å²) >= 11 is 0. The Morgan fingerprint density at radius 3 is 2.59 bits per heavy atom. The summed E-state index contributed by atoms with van der Waals surface area (Å²) < 4.78 is 5.24. The standard InChI is InChI=1S/C12H24N2O2.ClH/c1-2-3-4-5-6-12(15)13-11-14-7-9-16-10-8-14;/h2-11H2,1H3,(H,13,15);1H. The Bertz CT molecular complexity index is 197. The molecule has 1 rings (SSSR count). The minimum atomic E-state index is 0. The number of carbonyl (C=O) groups excluding carboxylic acids is 1. The van der Waals surface area contributed by atoms with Crippen molar-refractivity contribution in [3.8, 4) is 0 Å². The van der Waals surface area contributed by atoms with Crippen LogP contribution in [0.5, 0.6) is 0 Å². The van der Waals surface area contributed by atoms with Crippen molar-refractivity contribution in [2.45, 2.75) is 39.0 Å². The van der Waals surface area contributed by atoms with E-state index in [-0.39, 0.29) is 18.3 Å². The topological polar surface area (TPSA) is 41.6 Å². The van der Waals surface area contributed by atoms with Crippen molar-refractivity contribution >= 4 is 18.3 Å². The van der Waals surface area contributed by atoms with Gasteiger partial charge in [-0.15, -0.1) is 12.4 Å². The lowest BCUT2D eigenvalue weighted by Gasteiger charge is -2.26. The molecule has 1 aliphatic rings. The van der Waals surface area contributed by atoms with Crippen molar-refractivity contribution in [3.05, 3.63) is 0 Å². The summed E-state index contributed by atoms with van der Waals surface area (Å²) in [6.07, 6.45) is 5.31. The minimum Gasteiger partial charge on any atom is -0.379 e. The first-order valence-electron chi connectivity index (χ1n) is 6.39. The third-order valence-electron chi connectivity index (χ3n) is 2.86. The molecule has 1 saturated heterocycles. The number of nitrogens with zero attached hydrogens (tertiary/aromatic N) is 1. The van der Waals surface area contributed by atoms with Crippen molar-refractivity contribution in [1.29, 1.82) is 0 Å². The number of hydrogen-bond acceptors (Lipinski definition) is 3. The van der Waals surface area contributed by atoms with Crippen molar-refractivity contribution in [3.63, 3.8) is 0 Å². The first kappa shape index (κ1) is 16.7. The second kappa shape index (κ2) is 10.8. The molecule has 0 aromatic carbocycles. The Hall–Kier alpha value is -0.320. The molecule has 4 nitrogen and oxygen atoms in total. The van der Waals surface area contributed by atoms with Crippen molar-refractivity contribution in [2.24, 2.45) is 0 Å². The van der Waals surface area contributed by atoms with Crippen LogP contribution in [-0.4, -0.2) is 43.8 Å². The summed E-state index contributed by atoms with van der Waals surface area (Å²) in [6, 6.07) is 0. The van der Waals surface area contributed by atoms with Gasteiger partial charge in [-0.3, -0.25) is 9.69 Å². The molecule has 1 fully saturated rings. The molecular weight excluding hydrogens is 240 g/mol. The molecule has 102 valence electrons. The van der Waals surface area contributed by atoms with E-state index >= 15 is 0 Å². The number of carbonyl (C=O) groups is 1. The van der Waals surface area contributed by atoms with Gasteiger partial charge in [-0.05, 0) is 6.42 Å². The molecule has 0 aliphatic carbocycles. The van der Waals surface area contributed by atoms with Gasteiger partial charge >= 0.3 is 0 Å². The second-order valence-electron chi connectivity index (χ2n) is 4.30. The molecule has 5 heteroatoms. The summed E-state index contributed by atoms with van der Waals surface area (Å²) in [4.78, 5) is 13.7. The molecule has 0 radical (unpaired) electrons. The van der Waals surface area contributed by atoms with Crippen LogP contribution in [0.25, 0.3) is 0 Å². The summed E-state index contributed by atoms with van der Waals surface area (Å²) in [7, 11) is 0. The minimum absolute atomic E-state index is 0. The van der Waals surface area contributed by atoms with Crippen LogP contribution in [0, 0.1) is 0 Å². The first-order chi connectivity index (χ1) is 7.83. The molecule has 1 amide bonds. The van der Waals surface area contributed by atoms with E-state index in [1.165, 1.54) is 19.3 Å². The van der Waals surface area contributed by atoms with Crippen LogP contribution >= 0.6 is 12.4 Å². The maximum Gasteiger partial charge on any atom is 0.220 e. The molecule has 0 aromatic heterocycles. The average Bonchev–Trinajstić information content (AvgIpc) is 2.33. The van der Waals surface area contributed by atoms with Gasteiger partial charge in [0.15, 0.2) is 0 Å². The van der Waals surface area contributed by atoms with Gasteiger partial charge in [-0.25, -0.2) is 0 Å². The molecule has 17 heavy (non-hydrogen) atoms. The Balaban J connectivity index is 0.00000256. The molecule has 0 spiro atoms. The zero-order valence-corrected chi connectivity index (χ0v) is 11.6. The van der Waals surface area contributed by atoms with Crippen LogP contribution in [-0.2, 0) is 9.53 Å². The van der Waals surface area contributed by atoms with E-state index < -0.39 is 0 Å². The van der Waals surface area contributed by atoms with Crippen LogP contribution in [0.2, 0.25) is 0 Å². The Morgan fingerprint density at radius 1 is 1.24 bits per heavy atom. The SMILES string of the molecule is CCCCCCC(=O)NCN1CCOCC1.Cl. The van der Waals surface area contributed by atoms with Crippen molar-refractivity contribution in [1.82, 2.24) is 10.2 Å². The average molecular weight is 265 g/mol. The molecular formula is C12H25ClN2O2. The highest BCUT2D eigenvalue weighted by Crippen LogP contribution is 2.02. The third-order valence-corrected chi connectivity index (χ3v) is 2.86. The monoisotopic (exact) mass is 264 g/mol. The lowest BCUT2D eigenvalue weighted by Crippen LogP contribution is -2.43. The zero-order valence-electron chi connectivity index (χ0n) is 10.7. The Labute approximate surface area is 110 Å². The number of nitrogens with one attached hydrogen (secondary N) is 1. The van der Waals surface area contributed by atoms with Gasteiger partial charge in [0.2, 0.25) is 5.91 Å².